The number of halogens is 2. The van der Waals surface area contributed by atoms with E-state index in [1.54, 1.807) is 24.5 Å². The number of benzene rings is 1. The summed E-state index contributed by atoms with van der Waals surface area (Å²) in [6.45, 7) is 2.79. The first-order valence-electron chi connectivity index (χ1n) is 7.87. The molecule has 5 nitrogen and oxygen atoms in total. The molecule has 0 aliphatic carbocycles. The van der Waals surface area contributed by atoms with Gasteiger partial charge in [0, 0.05) is 43.6 Å². The molecule has 1 amide bonds. The van der Waals surface area contributed by atoms with Crippen LogP contribution in [-0.2, 0) is 11.2 Å². The predicted molar refractivity (Wildman–Crippen MR) is 90.6 cm³/mol. The Bertz CT molecular complexity index is 713. The maximum atomic E-state index is 13.1. The monoisotopic (exact) mass is 348 g/mol. The summed E-state index contributed by atoms with van der Waals surface area (Å²) >= 11 is 6.01. The summed E-state index contributed by atoms with van der Waals surface area (Å²) in [5, 5.41) is 0.289. The van der Waals surface area contributed by atoms with Crippen LogP contribution >= 0.6 is 11.6 Å². The van der Waals surface area contributed by atoms with Gasteiger partial charge >= 0.3 is 0 Å². The van der Waals surface area contributed by atoms with E-state index in [4.69, 9.17) is 11.6 Å². The number of amides is 1. The van der Waals surface area contributed by atoms with Gasteiger partial charge in [0.15, 0.2) is 0 Å². The van der Waals surface area contributed by atoms with E-state index in [-0.39, 0.29) is 17.4 Å². The maximum Gasteiger partial charge on any atom is 0.227 e. The number of carbonyl (C=O) groups is 1. The minimum Gasteiger partial charge on any atom is -0.341 e. The highest BCUT2D eigenvalue weighted by atomic mass is 35.5. The molecule has 0 unspecified atom stereocenters. The number of hydrogen-bond donors (Lipinski definition) is 0. The number of carbonyl (C=O) groups excluding carboxylic acids is 1. The third kappa shape index (κ3) is 4.00. The Morgan fingerprint density at radius 2 is 1.96 bits per heavy atom. The van der Waals surface area contributed by atoms with E-state index >= 15 is 0 Å². The van der Waals surface area contributed by atoms with Gasteiger partial charge in [-0.2, -0.15) is 0 Å². The maximum absolute atomic E-state index is 13.1. The fraction of sp³-hybridized carbons (Fsp3) is 0.353. The van der Waals surface area contributed by atoms with Crippen molar-refractivity contribution < 1.29 is 9.18 Å². The Labute approximate surface area is 145 Å². The molecule has 1 fully saturated rings. The topological polar surface area (TPSA) is 49.3 Å². The van der Waals surface area contributed by atoms with E-state index < -0.39 is 5.82 Å². The van der Waals surface area contributed by atoms with Crippen molar-refractivity contribution in [2.24, 2.45) is 0 Å². The van der Waals surface area contributed by atoms with Gasteiger partial charge in [0.1, 0.15) is 5.82 Å². The molecule has 1 aromatic heterocycles. The number of nitrogens with zero attached hydrogens (tertiary/aromatic N) is 4. The van der Waals surface area contributed by atoms with Crippen LogP contribution in [0, 0.1) is 5.82 Å². The van der Waals surface area contributed by atoms with Crippen molar-refractivity contribution in [2.45, 2.75) is 12.8 Å². The molecule has 0 saturated carbocycles. The second kappa shape index (κ2) is 7.57. The Hall–Kier alpha value is -2.21. The second-order valence-corrected chi connectivity index (χ2v) is 6.09. The highest BCUT2D eigenvalue weighted by molar-refractivity contribution is 6.31. The number of aromatic nitrogens is 2. The molecule has 7 heteroatoms. The lowest BCUT2D eigenvalue weighted by Crippen LogP contribution is -2.36. The lowest BCUT2D eigenvalue weighted by Gasteiger charge is -2.22. The molecule has 126 valence electrons. The Balaban J connectivity index is 1.62. The van der Waals surface area contributed by atoms with E-state index in [1.807, 2.05) is 4.90 Å². The third-order valence-corrected chi connectivity index (χ3v) is 4.39. The highest BCUT2D eigenvalue weighted by Crippen LogP contribution is 2.19. The van der Waals surface area contributed by atoms with Gasteiger partial charge in [0.05, 0.1) is 6.42 Å². The normalized spacial score (nSPS) is 15.2. The molecule has 2 heterocycles. The van der Waals surface area contributed by atoms with Crippen LogP contribution in [0.1, 0.15) is 12.0 Å². The van der Waals surface area contributed by atoms with E-state index in [0.29, 0.717) is 31.1 Å². The molecule has 0 atom stereocenters. The van der Waals surface area contributed by atoms with Gasteiger partial charge in [0.25, 0.3) is 0 Å². The van der Waals surface area contributed by atoms with Crippen LogP contribution in [0.15, 0.2) is 36.7 Å². The molecule has 1 aliphatic rings. The smallest absolute Gasteiger partial charge is 0.227 e. The molecule has 0 spiro atoms. The van der Waals surface area contributed by atoms with Crippen LogP contribution in [-0.4, -0.2) is 47.0 Å². The molecule has 1 aromatic carbocycles. The fourth-order valence-electron chi connectivity index (χ4n) is 2.76. The largest absolute Gasteiger partial charge is 0.341 e. The van der Waals surface area contributed by atoms with Gasteiger partial charge in [-0.25, -0.2) is 14.4 Å². The van der Waals surface area contributed by atoms with Gasteiger partial charge in [0.2, 0.25) is 11.9 Å². The zero-order chi connectivity index (χ0) is 16.9. The third-order valence-electron chi connectivity index (χ3n) is 4.04. The van der Waals surface area contributed by atoms with Crippen molar-refractivity contribution in [3.8, 4) is 0 Å². The summed E-state index contributed by atoms with van der Waals surface area (Å²) in [7, 11) is 0. The summed E-state index contributed by atoms with van der Waals surface area (Å²) in [5.74, 6) is 0.289. The lowest BCUT2D eigenvalue weighted by atomic mass is 10.1. The molecule has 1 saturated heterocycles. The predicted octanol–water partition coefficient (Wildman–Crippen LogP) is 2.55. The van der Waals surface area contributed by atoms with Crippen molar-refractivity contribution in [3.63, 3.8) is 0 Å². The van der Waals surface area contributed by atoms with Crippen LogP contribution in [0.3, 0.4) is 0 Å². The summed E-state index contributed by atoms with van der Waals surface area (Å²) in [6.07, 6.45) is 4.46. The van der Waals surface area contributed by atoms with Crippen LogP contribution in [0.4, 0.5) is 10.3 Å². The molecule has 2 aromatic rings. The highest BCUT2D eigenvalue weighted by Gasteiger charge is 2.21. The molecule has 0 bridgehead atoms. The molecular formula is C17H18ClFN4O. The first kappa shape index (κ1) is 16.6. The number of hydrogen-bond acceptors (Lipinski definition) is 4. The van der Waals surface area contributed by atoms with Crippen molar-refractivity contribution in [1.82, 2.24) is 14.9 Å². The minimum absolute atomic E-state index is 0.000613. The summed E-state index contributed by atoms with van der Waals surface area (Å²) in [6, 6.07) is 5.91. The second-order valence-electron chi connectivity index (χ2n) is 5.68. The fourth-order valence-corrected chi connectivity index (χ4v) is 3.00. The molecule has 0 N–H and O–H groups in total. The van der Waals surface area contributed by atoms with Crippen LogP contribution in [0.5, 0.6) is 0 Å². The van der Waals surface area contributed by atoms with Crippen LogP contribution in [0.25, 0.3) is 0 Å². The van der Waals surface area contributed by atoms with E-state index in [1.165, 1.54) is 12.1 Å². The molecule has 3 rings (SSSR count). The number of rotatable bonds is 3. The van der Waals surface area contributed by atoms with Gasteiger partial charge < -0.3 is 9.80 Å². The summed E-state index contributed by atoms with van der Waals surface area (Å²) in [4.78, 5) is 24.9. The van der Waals surface area contributed by atoms with Gasteiger partial charge in [-0.3, -0.25) is 4.79 Å². The zero-order valence-corrected chi connectivity index (χ0v) is 13.9. The standard InChI is InChI=1S/C17H18ClFN4O/c18-15-12-14(19)4-3-13(15)11-16(24)22-7-2-8-23(10-9-22)17-20-5-1-6-21-17/h1,3-6,12H,2,7-11H2. The van der Waals surface area contributed by atoms with Crippen molar-refractivity contribution in [3.05, 3.63) is 53.1 Å². The SMILES string of the molecule is O=C(Cc1ccc(F)cc1Cl)N1CCCN(c2ncccn2)CC1. The van der Waals surface area contributed by atoms with Crippen LogP contribution in [0.2, 0.25) is 5.02 Å². The van der Waals surface area contributed by atoms with Gasteiger partial charge in [-0.1, -0.05) is 17.7 Å². The zero-order valence-electron chi connectivity index (χ0n) is 13.2. The van der Waals surface area contributed by atoms with Crippen molar-refractivity contribution >= 4 is 23.5 Å². The molecule has 24 heavy (non-hydrogen) atoms. The van der Waals surface area contributed by atoms with Crippen LogP contribution < -0.4 is 4.90 Å². The van der Waals surface area contributed by atoms with E-state index in [0.717, 1.165) is 13.0 Å². The molecule has 1 aliphatic heterocycles. The lowest BCUT2D eigenvalue weighted by molar-refractivity contribution is -0.130. The van der Waals surface area contributed by atoms with Gasteiger partial charge in [-0.05, 0) is 30.2 Å². The van der Waals surface area contributed by atoms with Crippen molar-refractivity contribution in [2.75, 3.05) is 31.1 Å². The average molecular weight is 349 g/mol. The molecule has 0 radical (unpaired) electrons. The first-order chi connectivity index (χ1) is 11.6. The molecular weight excluding hydrogens is 331 g/mol. The average Bonchev–Trinajstić information content (AvgIpc) is 2.84. The Morgan fingerprint density at radius 3 is 2.71 bits per heavy atom. The minimum atomic E-state index is -0.399. The van der Waals surface area contributed by atoms with Gasteiger partial charge in [-0.15, -0.1) is 0 Å². The Kier molecular flexibility index (Phi) is 5.25. The first-order valence-corrected chi connectivity index (χ1v) is 8.25. The summed E-state index contributed by atoms with van der Waals surface area (Å²) < 4.78 is 13.1. The Morgan fingerprint density at radius 1 is 1.17 bits per heavy atom. The van der Waals surface area contributed by atoms with Crippen molar-refractivity contribution in [1.29, 1.82) is 0 Å². The van der Waals surface area contributed by atoms with E-state index in [2.05, 4.69) is 14.9 Å². The number of anilines is 1. The summed E-state index contributed by atoms with van der Waals surface area (Å²) in [5.41, 5.74) is 0.649. The quantitative estimate of drug-likeness (QED) is 0.855. The van der Waals surface area contributed by atoms with E-state index in [9.17, 15) is 9.18 Å².